The van der Waals surface area contributed by atoms with Crippen molar-refractivity contribution < 1.29 is 8.42 Å². The SMILES string of the molecule is CSc1ccccc1C1(S(C)(=O)=O)C=C[CH]C=C1. The molecule has 0 heterocycles. The summed E-state index contributed by atoms with van der Waals surface area (Å²) < 4.78 is 23.5. The minimum atomic E-state index is -3.28. The van der Waals surface area contributed by atoms with E-state index in [4.69, 9.17) is 0 Å². The number of thioether (sulfide) groups is 1. The van der Waals surface area contributed by atoms with E-state index in [0.29, 0.717) is 0 Å². The Bertz CT molecular complexity index is 586. The smallest absolute Gasteiger partial charge is 0.164 e. The maximum atomic E-state index is 12.3. The Hall–Kier alpha value is -1.00. The molecule has 0 saturated carbocycles. The zero-order valence-electron chi connectivity index (χ0n) is 10.3. The summed E-state index contributed by atoms with van der Waals surface area (Å²) in [6.45, 7) is 0. The first-order valence-electron chi connectivity index (χ1n) is 5.55. The Balaban J connectivity index is 2.73. The standard InChI is InChI=1S/C14H15O2S2/c1-17-13-9-5-4-8-12(13)14(18(2,15)16)10-6-3-7-11-14/h3-11H,1-2H3. The lowest BCUT2D eigenvalue weighted by molar-refractivity contribution is 0.582. The Morgan fingerprint density at radius 3 is 2.28 bits per heavy atom. The number of sulfone groups is 1. The van der Waals surface area contributed by atoms with Crippen molar-refractivity contribution in [3.05, 3.63) is 60.6 Å². The molecule has 2 rings (SSSR count). The molecule has 1 radical (unpaired) electrons. The summed E-state index contributed by atoms with van der Waals surface area (Å²) in [6.07, 6.45) is 12.2. The zero-order chi connectivity index (χ0) is 13.2. The first-order valence-corrected chi connectivity index (χ1v) is 8.66. The third-order valence-electron chi connectivity index (χ3n) is 3.05. The number of allylic oxidation sites excluding steroid dienone is 2. The molecular formula is C14H15O2S2. The van der Waals surface area contributed by atoms with Crippen molar-refractivity contribution in [2.45, 2.75) is 9.64 Å². The summed E-state index contributed by atoms with van der Waals surface area (Å²) in [5.41, 5.74) is 0.820. The van der Waals surface area contributed by atoms with Crippen LogP contribution in [0, 0.1) is 6.42 Å². The molecule has 2 nitrogen and oxygen atoms in total. The molecule has 0 bridgehead atoms. The number of hydrogen-bond acceptors (Lipinski definition) is 3. The molecule has 0 atom stereocenters. The van der Waals surface area contributed by atoms with Gasteiger partial charge in [-0.2, -0.15) is 0 Å². The molecule has 0 amide bonds. The Kier molecular flexibility index (Phi) is 3.69. The quantitative estimate of drug-likeness (QED) is 0.798. The normalized spacial score (nSPS) is 17.9. The van der Waals surface area contributed by atoms with Crippen LogP contribution in [0.3, 0.4) is 0 Å². The fraction of sp³-hybridized carbons (Fsp3) is 0.214. The van der Waals surface area contributed by atoms with E-state index >= 15 is 0 Å². The number of hydrogen-bond donors (Lipinski definition) is 0. The predicted molar refractivity (Wildman–Crippen MR) is 77.3 cm³/mol. The third kappa shape index (κ3) is 2.15. The van der Waals surface area contributed by atoms with Gasteiger partial charge in [-0.25, -0.2) is 8.42 Å². The van der Waals surface area contributed by atoms with Crippen molar-refractivity contribution in [3.63, 3.8) is 0 Å². The molecule has 0 fully saturated rings. The topological polar surface area (TPSA) is 34.1 Å². The molecule has 0 saturated heterocycles. The zero-order valence-corrected chi connectivity index (χ0v) is 12.0. The average Bonchev–Trinajstić information content (AvgIpc) is 2.38. The first kappa shape index (κ1) is 13.4. The minimum Gasteiger partial charge on any atom is -0.228 e. The van der Waals surface area contributed by atoms with Crippen molar-refractivity contribution >= 4 is 21.6 Å². The van der Waals surface area contributed by atoms with Gasteiger partial charge in [-0.15, -0.1) is 11.8 Å². The van der Waals surface area contributed by atoms with Gasteiger partial charge in [0.1, 0.15) is 4.75 Å². The third-order valence-corrected chi connectivity index (χ3v) is 5.57. The highest BCUT2D eigenvalue weighted by molar-refractivity contribution is 7.98. The lowest BCUT2D eigenvalue weighted by Gasteiger charge is -2.29. The van der Waals surface area contributed by atoms with Crippen LogP contribution in [0.1, 0.15) is 5.56 Å². The molecule has 95 valence electrons. The van der Waals surface area contributed by atoms with Gasteiger partial charge in [-0.3, -0.25) is 0 Å². The summed E-state index contributed by atoms with van der Waals surface area (Å²) in [7, 11) is -3.28. The van der Waals surface area contributed by atoms with E-state index in [1.54, 1.807) is 36.1 Å². The Morgan fingerprint density at radius 2 is 1.72 bits per heavy atom. The molecule has 0 N–H and O–H groups in total. The van der Waals surface area contributed by atoms with Gasteiger partial charge in [0.05, 0.1) is 0 Å². The largest absolute Gasteiger partial charge is 0.228 e. The van der Waals surface area contributed by atoms with Crippen LogP contribution in [0.4, 0.5) is 0 Å². The van der Waals surface area contributed by atoms with Gasteiger partial charge >= 0.3 is 0 Å². The van der Waals surface area contributed by atoms with Crippen LogP contribution in [-0.2, 0) is 14.6 Å². The first-order chi connectivity index (χ1) is 8.51. The van der Waals surface area contributed by atoms with Crippen molar-refractivity contribution in [2.24, 2.45) is 0 Å². The van der Waals surface area contributed by atoms with Gasteiger partial charge in [-0.05, 0) is 17.9 Å². The van der Waals surface area contributed by atoms with Crippen LogP contribution in [0.2, 0.25) is 0 Å². The summed E-state index contributed by atoms with van der Waals surface area (Å²) in [4.78, 5) is 0.985. The van der Waals surface area contributed by atoms with Gasteiger partial charge in [-0.1, -0.05) is 42.5 Å². The van der Waals surface area contributed by atoms with E-state index in [2.05, 4.69) is 0 Å². The highest BCUT2D eigenvalue weighted by Crippen LogP contribution is 2.40. The summed E-state index contributed by atoms with van der Waals surface area (Å²) in [6, 6.07) is 7.63. The average molecular weight is 279 g/mol. The van der Waals surface area contributed by atoms with Crippen LogP contribution < -0.4 is 0 Å². The van der Waals surface area contributed by atoms with Crippen molar-refractivity contribution in [3.8, 4) is 0 Å². The number of benzene rings is 1. The maximum absolute atomic E-state index is 12.3. The van der Waals surface area contributed by atoms with Gasteiger partial charge in [0, 0.05) is 17.6 Å². The maximum Gasteiger partial charge on any atom is 0.164 e. The summed E-state index contributed by atoms with van der Waals surface area (Å²) >= 11 is 1.56. The number of rotatable bonds is 3. The lowest BCUT2D eigenvalue weighted by atomic mass is 9.93. The fourth-order valence-corrected chi connectivity index (χ4v) is 4.08. The highest BCUT2D eigenvalue weighted by atomic mass is 32.2. The van der Waals surface area contributed by atoms with E-state index in [0.717, 1.165) is 10.5 Å². The van der Waals surface area contributed by atoms with Gasteiger partial charge in [0.25, 0.3) is 0 Å². The highest BCUT2D eigenvalue weighted by Gasteiger charge is 2.39. The van der Waals surface area contributed by atoms with Gasteiger partial charge in [0.15, 0.2) is 9.84 Å². The second kappa shape index (κ2) is 4.94. The molecule has 0 aromatic heterocycles. The van der Waals surface area contributed by atoms with E-state index < -0.39 is 14.6 Å². The molecule has 18 heavy (non-hydrogen) atoms. The lowest BCUT2D eigenvalue weighted by Crippen LogP contribution is -2.32. The fourth-order valence-electron chi connectivity index (χ4n) is 2.11. The van der Waals surface area contributed by atoms with Gasteiger partial charge in [0.2, 0.25) is 0 Å². The van der Waals surface area contributed by atoms with E-state index in [1.165, 1.54) is 6.26 Å². The molecule has 1 aliphatic rings. The predicted octanol–water partition coefficient (Wildman–Crippen LogP) is 2.98. The van der Waals surface area contributed by atoms with Crippen LogP contribution in [0.5, 0.6) is 0 Å². The molecule has 1 aromatic rings. The molecule has 4 heteroatoms. The molecule has 1 aliphatic carbocycles. The van der Waals surface area contributed by atoms with E-state index in [1.807, 2.05) is 36.9 Å². The summed E-state index contributed by atoms with van der Waals surface area (Å²) in [5.74, 6) is 0. The Labute approximate surface area is 113 Å². The molecule has 0 spiro atoms. The Morgan fingerprint density at radius 1 is 1.11 bits per heavy atom. The molecule has 0 unspecified atom stereocenters. The van der Waals surface area contributed by atoms with Crippen molar-refractivity contribution in [1.82, 2.24) is 0 Å². The molecule has 0 aliphatic heterocycles. The van der Waals surface area contributed by atoms with Crippen LogP contribution >= 0.6 is 11.8 Å². The van der Waals surface area contributed by atoms with Crippen LogP contribution in [0.25, 0.3) is 0 Å². The van der Waals surface area contributed by atoms with Crippen LogP contribution in [-0.4, -0.2) is 20.9 Å². The van der Waals surface area contributed by atoms with Crippen LogP contribution in [0.15, 0.2) is 53.5 Å². The monoisotopic (exact) mass is 279 g/mol. The second-order valence-electron chi connectivity index (χ2n) is 4.18. The second-order valence-corrected chi connectivity index (χ2v) is 7.24. The minimum absolute atomic E-state index is 0.820. The summed E-state index contributed by atoms with van der Waals surface area (Å²) in [5, 5.41) is 0. The van der Waals surface area contributed by atoms with Gasteiger partial charge < -0.3 is 0 Å². The molecular weight excluding hydrogens is 264 g/mol. The van der Waals surface area contributed by atoms with Crippen molar-refractivity contribution in [2.75, 3.05) is 12.5 Å². The van der Waals surface area contributed by atoms with E-state index in [-0.39, 0.29) is 0 Å². The van der Waals surface area contributed by atoms with Crippen molar-refractivity contribution in [1.29, 1.82) is 0 Å². The van der Waals surface area contributed by atoms with E-state index in [9.17, 15) is 8.42 Å². The molecule has 1 aromatic carbocycles.